The van der Waals surface area contributed by atoms with Crippen LogP contribution in [0.15, 0.2) is 23.1 Å². The summed E-state index contributed by atoms with van der Waals surface area (Å²) >= 11 is 0. The zero-order chi connectivity index (χ0) is 18.4. The number of nitrogen functional groups attached to an aromatic ring is 1. The fraction of sp³-hybridized carbons (Fsp3) is 0.667. The van der Waals surface area contributed by atoms with E-state index in [0.29, 0.717) is 18.3 Å². The molecule has 7 nitrogen and oxygen atoms in total. The first-order chi connectivity index (χ1) is 12.5. The van der Waals surface area contributed by atoms with Gasteiger partial charge in [0.2, 0.25) is 10.0 Å². The normalized spacial score (nSPS) is 19.4. The minimum absolute atomic E-state index is 0. The summed E-state index contributed by atoms with van der Waals surface area (Å²) in [6.07, 6.45) is 6.06. The van der Waals surface area contributed by atoms with E-state index >= 15 is 0 Å². The van der Waals surface area contributed by atoms with Crippen molar-refractivity contribution in [2.75, 3.05) is 50.3 Å². The van der Waals surface area contributed by atoms with Gasteiger partial charge in [0.25, 0.3) is 0 Å². The monoisotopic (exact) mass is 417 g/mol. The third-order valence-corrected chi connectivity index (χ3v) is 6.69. The zero-order valence-electron chi connectivity index (χ0n) is 15.7. The van der Waals surface area contributed by atoms with Crippen molar-refractivity contribution in [1.82, 2.24) is 14.9 Å². The van der Waals surface area contributed by atoms with Gasteiger partial charge in [-0.3, -0.25) is 4.90 Å². The van der Waals surface area contributed by atoms with Crippen LogP contribution in [0.2, 0.25) is 0 Å². The predicted molar refractivity (Wildman–Crippen MR) is 113 cm³/mol. The highest BCUT2D eigenvalue weighted by Crippen LogP contribution is 2.27. The highest BCUT2D eigenvalue weighted by atomic mass is 35.5. The maximum absolute atomic E-state index is 12.5. The number of hydrogen-bond acceptors (Lipinski definition) is 6. The molecular formula is C18H32ClN5O2S. The number of piperazine rings is 1. The Morgan fingerprint density at radius 3 is 2.52 bits per heavy atom. The van der Waals surface area contributed by atoms with Crippen molar-refractivity contribution >= 4 is 33.8 Å². The Morgan fingerprint density at radius 2 is 1.85 bits per heavy atom. The van der Waals surface area contributed by atoms with Gasteiger partial charge < -0.3 is 16.4 Å². The van der Waals surface area contributed by atoms with Gasteiger partial charge in [0.1, 0.15) is 0 Å². The summed E-state index contributed by atoms with van der Waals surface area (Å²) in [5.41, 5.74) is 7.43. The highest BCUT2D eigenvalue weighted by Gasteiger charge is 2.18. The van der Waals surface area contributed by atoms with Gasteiger partial charge in [-0.2, -0.15) is 0 Å². The summed E-state index contributed by atoms with van der Waals surface area (Å²) in [4.78, 5) is 2.48. The quantitative estimate of drug-likeness (QED) is 0.503. The number of nitrogens with two attached hydrogens (primary N) is 1. The van der Waals surface area contributed by atoms with E-state index in [1.165, 1.54) is 19.3 Å². The fourth-order valence-electron chi connectivity index (χ4n) is 3.66. The number of benzene rings is 1. The first kappa shape index (κ1) is 22.2. The molecule has 1 saturated heterocycles. The lowest BCUT2D eigenvalue weighted by molar-refractivity contribution is 0.245. The van der Waals surface area contributed by atoms with Crippen molar-refractivity contribution < 1.29 is 8.42 Å². The summed E-state index contributed by atoms with van der Waals surface area (Å²) in [6, 6.07) is 5.41. The Hall–Kier alpha value is -1.06. The molecule has 2 aliphatic rings. The number of anilines is 2. The maximum atomic E-state index is 12.5. The third kappa shape index (κ3) is 6.50. The van der Waals surface area contributed by atoms with Gasteiger partial charge in [-0.25, -0.2) is 13.1 Å². The lowest BCUT2D eigenvalue weighted by Crippen LogP contribution is -2.46. The van der Waals surface area contributed by atoms with E-state index in [1.807, 2.05) is 0 Å². The third-order valence-electron chi connectivity index (χ3n) is 5.23. The van der Waals surface area contributed by atoms with Gasteiger partial charge in [0, 0.05) is 45.3 Å². The molecule has 1 aliphatic heterocycles. The van der Waals surface area contributed by atoms with Crippen LogP contribution in [0.5, 0.6) is 0 Å². The predicted octanol–water partition coefficient (Wildman–Crippen LogP) is 1.62. The van der Waals surface area contributed by atoms with Gasteiger partial charge in [-0.05, 0) is 31.0 Å². The molecule has 3 rings (SSSR count). The van der Waals surface area contributed by atoms with Crippen molar-refractivity contribution in [1.29, 1.82) is 0 Å². The lowest BCUT2D eigenvalue weighted by atomic mass is 9.95. The Kier molecular flexibility index (Phi) is 8.62. The molecule has 0 bridgehead atoms. The summed E-state index contributed by atoms with van der Waals surface area (Å²) in [5.74, 6) is 0. The number of nitrogens with one attached hydrogen (secondary N) is 3. The van der Waals surface area contributed by atoms with Crippen LogP contribution in [-0.2, 0) is 10.0 Å². The maximum Gasteiger partial charge on any atom is 0.240 e. The molecule has 0 aromatic heterocycles. The second-order valence-corrected chi connectivity index (χ2v) is 8.98. The SMILES string of the molecule is Cl.Nc1cc(S(=O)(=O)NCCN2CCNCC2)ccc1NC1CCCCC1. The Morgan fingerprint density at radius 1 is 1.15 bits per heavy atom. The Bertz CT molecular complexity index is 689. The van der Waals surface area contributed by atoms with Gasteiger partial charge in [0.05, 0.1) is 16.3 Å². The van der Waals surface area contributed by atoms with Crippen LogP contribution < -0.4 is 21.1 Å². The molecule has 2 fully saturated rings. The van der Waals surface area contributed by atoms with E-state index in [9.17, 15) is 8.42 Å². The first-order valence-corrected chi connectivity index (χ1v) is 11.1. The molecule has 1 aromatic rings. The minimum atomic E-state index is -3.53. The number of rotatable bonds is 7. The lowest BCUT2D eigenvalue weighted by Gasteiger charge is -2.27. The Labute approximate surface area is 168 Å². The zero-order valence-corrected chi connectivity index (χ0v) is 17.4. The average Bonchev–Trinajstić information content (AvgIpc) is 2.65. The van der Waals surface area contributed by atoms with Gasteiger partial charge in [0.15, 0.2) is 0 Å². The minimum Gasteiger partial charge on any atom is -0.397 e. The van der Waals surface area contributed by atoms with Gasteiger partial charge >= 0.3 is 0 Å². The van der Waals surface area contributed by atoms with Crippen LogP contribution in [0.1, 0.15) is 32.1 Å². The molecule has 0 unspecified atom stereocenters. The second-order valence-electron chi connectivity index (χ2n) is 7.22. The molecule has 1 aliphatic carbocycles. The topological polar surface area (TPSA) is 99.5 Å². The molecule has 27 heavy (non-hydrogen) atoms. The standard InChI is InChI=1S/C18H31N5O2S.ClH/c19-17-14-16(6-7-18(17)22-15-4-2-1-3-5-15)26(24,25)21-10-13-23-11-8-20-9-12-23;/h6-7,14-15,20-22H,1-5,8-13,19H2;1H. The molecule has 0 spiro atoms. The van der Waals surface area contributed by atoms with Crippen molar-refractivity contribution in [2.24, 2.45) is 0 Å². The largest absolute Gasteiger partial charge is 0.397 e. The molecule has 9 heteroatoms. The summed E-state index contributed by atoms with van der Waals surface area (Å²) in [5, 5.41) is 6.75. The molecule has 1 saturated carbocycles. The van der Waals surface area contributed by atoms with E-state index in [-0.39, 0.29) is 17.3 Å². The number of halogens is 1. The Balaban J connectivity index is 0.00000261. The smallest absolute Gasteiger partial charge is 0.240 e. The molecule has 5 N–H and O–H groups in total. The number of hydrogen-bond donors (Lipinski definition) is 4. The summed E-state index contributed by atoms with van der Waals surface area (Å²) in [7, 11) is -3.53. The van der Waals surface area contributed by atoms with Crippen molar-refractivity contribution in [3.63, 3.8) is 0 Å². The van der Waals surface area contributed by atoms with E-state index < -0.39 is 10.0 Å². The van der Waals surface area contributed by atoms with Crippen molar-refractivity contribution in [2.45, 2.75) is 43.0 Å². The molecule has 1 heterocycles. The van der Waals surface area contributed by atoms with Crippen LogP contribution in [0.25, 0.3) is 0 Å². The van der Waals surface area contributed by atoms with Crippen LogP contribution in [0, 0.1) is 0 Å². The van der Waals surface area contributed by atoms with Crippen molar-refractivity contribution in [3.8, 4) is 0 Å². The van der Waals surface area contributed by atoms with E-state index in [1.54, 1.807) is 18.2 Å². The van der Waals surface area contributed by atoms with E-state index in [4.69, 9.17) is 5.73 Å². The van der Waals surface area contributed by atoms with E-state index in [0.717, 1.165) is 51.3 Å². The molecule has 154 valence electrons. The molecule has 1 aromatic carbocycles. The van der Waals surface area contributed by atoms with Gasteiger partial charge in [-0.15, -0.1) is 12.4 Å². The second kappa shape index (κ2) is 10.5. The van der Waals surface area contributed by atoms with Crippen LogP contribution >= 0.6 is 12.4 Å². The average molecular weight is 418 g/mol. The summed E-state index contributed by atoms with van der Waals surface area (Å²) < 4.78 is 27.7. The van der Waals surface area contributed by atoms with E-state index in [2.05, 4.69) is 20.3 Å². The van der Waals surface area contributed by atoms with Crippen molar-refractivity contribution in [3.05, 3.63) is 18.2 Å². The molecule has 0 atom stereocenters. The highest BCUT2D eigenvalue weighted by molar-refractivity contribution is 7.89. The molecule has 0 amide bonds. The van der Waals surface area contributed by atoms with Gasteiger partial charge in [-0.1, -0.05) is 19.3 Å². The molecule has 0 radical (unpaired) electrons. The molecular weight excluding hydrogens is 386 g/mol. The summed E-state index contributed by atoms with van der Waals surface area (Å²) in [6.45, 7) is 4.95. The number of sulfonamides is 1. The fourth-order valence-corrected chi connectivity index (χ4v) is 4.72. The van der Waals surface area contributed by atoms with Crippen LogP contribution in [0.4, 0.5) is 11.4 Å². The number of nitrogens with zero attached hydrogens (tertiary/aromatic N) is 1. The van der Waals surface area contributed by atoms with Crippen LogP contribution in [0.3, 0.4) is 0 Å². The first-order valence-electron chi connectivity index (χ1n) is 9.63. The van der Waals surface area contributed by atoms with Crippen LogP contribution in [-0.4, -0.2) is 58.6 Å².